The lowest BCUT2D eigenvalue weighted by molar-refractivity contribution is 0.198. The van der Waals surface area contributed by atoms with Gasteiger partial charge in [0.15, 0.2) is 5.96 Å². The zero-order chi connectivity index (χ0) is 20.8. The highest BCUT2D eigenvalue weighted by Crippen LogP contribution is 2.32. The maximum absolute atomic E-state index is 5.79. The van der Waals surface area contributed by atoms with E-state index in [1.807, 2.05) is 13.1 Å². The van der Waals surface area contributed by atoms with Crippen molar-refractivity contribution in [3.05, 3.63) is 65.2 Å². The predicted molar refractivity (Wildman–Crippen MR) is 123 cm³/mol. The normalized spacial score (nSPS) is 20.3. The molecule has 4 rings (SSSR count). The molecule has 2 heterocycles. The highest BCUT2D eigenvalue weighted by molar-refractivity contribution is 5.80. The molecule has 1 saturated heterocycles. The van der Waals surface area contributed by atoms with Crippen LogP contribution >= 0.6 is 0 Å². The molecule has 1 unspecified atom stereocenters. The van der Waals surface area contributed by atoms with Crippen LogP contribution in [0, 0.1) is 6.92 Å². The summed E-state index contributed by atoms with van der Waals surface area (Å²) in [6.07, 6.45) is 3.33. The highest BCUT2D eigenvalue weighted by atomic mass is 16.5. The van der Waals surface area contributed by atoms with Crippen molar-refractivity contribution in [2.24, 2.45) is 4.99 Å². The molecule has 5 nitrogen and oxygen atoms in total. The third-order valence-corrected chi connectivity index (χ3v) is 6.41. The van der Waals surface area contributed by atoms with Crippen molar-refractivity contribution in [3.63, 3.8) is 0 Å². The number of para-hydroxylation sites is 1. The molecule has 0 amide bonds. The van der Waals surface area contributed by atoms with E-state index in [1.165, 1.54) is 16.7 Å². The smallest absolute Gasteiger partial charge is 0.191 e. The molecule has 160 valence electrons. The standard InChI is InChI=1S/C25H34N4O/c1-19-7-3-4-8-21(19)18-29-14-11-22(12-15-29)28-25(26-2)27-17-20-13-16-30-24-10-6-5-9-23(20)24/h3-10,20,22H,11-18H2,1-2H3,(H2,26,27,28). The van der Waals surface area contributed by atoms with Gasteiger partial charge in [0.2, 0.25) is 0 Å². The van der Waals surface area contributed by atoms with Gasteiger partial charge in [0.1, 0.15) is 5.75 Å². The molecule has 0 aliphatic carbocycles. The van der Waals surface area contributed by atoms with Gasteiger partial charge in [-0.15, -0.1) is 0 Å². The zero-order valence-electron chi connectivity index (χ0n) is 18.2. The van der Waals surface area contributed by atoms with E-state index in [-0.39, 0.29) is 0 Å². The molecule has 0 spiro atoms. The number of likely N-dealkylation sites (tertiary alicyclic amines) is 1. The molecule has 30 heavy (non-hydrogen) atoms. The maximum Gasteiger partial charge on any atom is 0.191 e. The van der Waals surface area contributed by atoms with Crippen molar-refractivity contribution >= 4 is 5.96 Å². The highest BCUT2D eigenvalue weighted by Gasteiger charge is 2.23. The van der Waals surface area contributed by atoms with E-state index in [0.29, 0.717) is 12.0 Å². The molecular weight excluding hydrogens is 372 g/mol. The Morgan fingerprint density at radius 1 is 1.07 bits per heavy atom. The van der Waals surface area contributed by atoms with E-state index < -0.39 is 0 Å². The first-order chi connectivity index (χ1) is 14.7. The minimum Gasteiger partial charge on any atom is -0.493 e. The van der Waals surface area contributed by atoms with Crippen molar-refractivity contribution in [1.82, 2.24) is 15.5 Å². The summed E-state index contributed by atoms with van der Waals surface area (Å²) >= 11 is 0. The summed E-state index contributed by atoms with van der Waals surface area (Å²) in [4.78, 5) is 7.04. The summed E-state index contributed by atoms with van der Waals surface area (Å²) in [5.41, 5.74) is 4.13. The Bertz CT molecular complexity index is 858. The first-order valence-corrected chi connectivity index (χ1v) is 11.2. The second kappa shape index (κ2) is 9.98. The monoisotopic (exact) mass is 406 g/mol. The summed E-state index contributed by atoms with van der Waals surface area (Å²) in [7, 11) is 1.86. The van der Waals surface area contributed by atoms with Gasteiger partial charge < -0.3 is 15.4 Å². The fourth-order valence-corrected chi connectivity index (χ4v) is 4.50. The maximum atomic E-state index is 5.79. The molecule has 0 radical (unpaired) electrons. The molecule has 2 aliphatic heterocycles. The number of hydrogen-bond acceptors (Lipinski definition) is 3. The van der Waals surface area contributed by atoms with Crippen molar-refractivity contribution in [2.75, 3.05) is 33.3 Å². The Hall–Kier alpha value is -2.53. The Balaban J connectivity index is 1.24. The predicted octanol–water partition coefficient (Wildman–Crippen LogP) is 3.69. The van der Waals surface area contributed by atoms with Gasteiger partial charge in [-0.2, -0.15) is 0 Å². The van der Waals surface area contributed by atoms with Crippen LogP contribution in [0.15, 0.2) is 53.5 Å². The van der Waals surface area contributed by atoms with Gasteiger partial charge in [-0.25, -0.2) is 0 Å². The van der Waals surface area contributed by atoms with Gasteiger partial charge in [0.25, 0.3) is 0 Å². The summed E-state index contributed by atoms with van der Waals surface area (Å²) in [5.74, 6) is 2.40. The van der Waals surface area contributed by atoms with Gasteiger partial charge in [0.05, 0.1) is 6.61 Å². The van der Waals surface area contributed by atoms with Gasteiger partial charge >= 0.3 is 0 Å². The zero-order valence-corrected chi connectivity index (χ0v) is 18.2. The summed E-state index contributed by atoms with van der Waals surface area (Å²) in [5, 5.41) is 7.20. The lowest BCUT2D eigenvalue weighted by Gasteiger charge is -2.33. The number of aliphatic imine (C=N–C) groups is 1. The molecule has 2 aromatic rings. The van der Waals surface area contributed by atoms with Crippen LogP contribution in [0.5, 0.6) is 5.75 Å². The van der Waals surface area contributed by atoms with Crippen LogP contribution in [-0.4, -0.2) is 50.2 Å². The lowest BCUT2D eigenvalue weighted by Crippen LogP contribution is -2.49. The van der Waals surface area contributed by atoms with Gasteiger partial charge in [-0.05, 0) is 48.9 Å². The SMILES string of the molecule is CN=C(NCC1CCOc2ccccc21)NC1CCN(Cc2ccccc2C)CC1. The van der Waals surface area contributed by atoms with Crippen LogP contribution in [0.1, 0.15) is 41.9 Å². The fraction of sp³-hybridized carbons (Fsp3) is 0.480. The minimum atomic E-state index is 0.462. The third kappa shape index (κ3) is 5.14. The average Bonchev–Trinajstić information content (AvgIpc) is 2.79. The number of guanidine groups is 1. The average molecular weight is 407 g/mol. The summed E-state index contributed by atoms with van der Waals surface area (Å²) in [6, 6.07) is 17.6. The first-order valence-electron chi connectivity index (χ1n) is 11.2. The largest absolute Gasteiger partial charge is 0.493 e. The topological polar surface area (TPSA) is 48.9 Å². The van der Waals surface area contributed by atoms with E-state index >= 15 is 0 Å². The van der Waals surface area contributed by atoms with E-state index in [4.69, 9.17) is 4.74 Å². The molecule has 0 bridgehead atoms. The number of piperidine rings is 1. The van der Waals surface area contributed by atoms with Crippen LogP contribution in [0.3, 0.4) is 0 Å². The summed E-state index contributed by atoms with van der Waals surface area (Å²) in [6.45, 7) is 7.17. The number of ether oxygens (including phenoxy) is 1. The molecule has 2 N–H and O–H groups in total. The van der Waals surface area contributed by atoms with Gasteiger partial charge in [-0.1, -0.05) is 42.5 Å². The lowest BCUT2D eigenvalue weighted by atomic mass is 9.93. The van der Waals surface area contributed by atoms with Crippen LogP contribution < -0.4 is 15.4 Å². The van der Waals surface area contributed by atoms with Crippen LogP contribution in [0.4, 0.5) is 0 Å². The van der Waals surface area contributed by atoms with E-state index in [2.05, 4.69) is 69.9 Å². The molecule has 5 heteroatoms. The van der Waals surface area contributed by atoms with Crippen LogP contribution in [0.2, 0.25) is 0 Å². The Morgan fingerprint density at radius 3 is 2.63 bits per heavy atom. The number of benzene rings is 2. The van der Waals surface area contributed by atoms with Gasteiger partial charge in [-0.3, -0.25) is 9.89 Å². The van der Waals surface area contributed by atoms with Gasteiger partial charge in [0, 0.05) is 45.2 Å². The fourth-order valence-electron chi connectivity index (χ4n) is 4.50. The quantitative estimate of drug-likeness (QED) is 0.587. The van der Waals surface area contributed by atoms with Crippen molar-refractivity contribution in [2.45, 2.75) is 44.7 Å². The molecule has 0 saturated carbocycles. The molecule has 0 aromatic heterocycles. The number of nitrogens with one attached hydrogen (secondary N) is 2. The second-order valence-electron chi connectivity index (χ2n) is 8.45. The molecular formula is C25H34N4O. The molecule has 1 atom stereocenters. The minimum absolute atomic E-state index is 0.462. The second-order valence-corrected chi connectivity index (χ2v) is 8.45. The van der Waals surface area contributed by atoms with E-state index in [0.717, 1.165) is 63.8 Å². The number of nitrogens with zero attached hydrogens (tertiary/aromatic N) is 2. The van der Waals surface area contributed by atoms with Crippen molar-refractivity contribution in [1.29, 1.82) is 0 Å². The Morgan fingerprint density at radius 2 is 1.83 bits per heavy atom. The Kier molecular flexibility index (Phi) is 6.90. The molecule has 2 aliphatic rings. The molecule has 1 fully saturated rings. The number of aryl methyl sites for hydroxylation is 1. The number of hydrogen-bond donors (Lipinski definition) is 2. The van der Waals surface area contributed by atoms with E-state index in [1.54, 1.807) is 0 Å². The van der Waals surface area contributed by atoms with Crippen LogP contribution in [0.25, 0.3) is 0 Å². The number of fused-ring (bicyclic) bond motifs is 1. The van der Waals surface area contributed by atoms with Crippen molar-refractivity contribution in [3.8, 4) is 5.75 Å². The third-order valence-electron chi connectivity index (χ3n) is 6.41. The first kappa shape index (κ1) is 20.7. The Labute approximate surface area is 180 Å². The van der Waals surface area contributed by atoms with E-state index in [9.17, 15) is 0 Å². The summed E-state index contributed by atoms with van der Waals surface area (Å²) < 4.78 is 5.79. The van der Waals surface area contributed by atoms with Crippen molar-refractivity contribution < 1.29 is 4.74 Å². The number of rotatable bonds is 5. The van der Waals surface area contributed by atoms with Crippen LogP contribution in [-0.2, 0) is 6.54 Å². The molecule has 2 aromatic carbocycles.